The molecule has 0 saturated carbocycles. The number of hydrogen-bond donors (Lipinski definition) is 1. The number of halogens is 3. The summed E-state index contributed by atoms with van der Waals surface area (Å²) in [5, 5.41) is 3.80. The van der Waals surface area contributed by atoms with Crippen molar-refractivity contribution >= 4 is 28.9 Å². The lowest BCUT2D eigenvalue weighted by Crippen LogP contribution is -2.53. The smallest absolute Gasteiger partial charge is 0.227 e. The van der Waals surface area contributed by atoms with E-state index < -0.39 is 11.6 Å². The molecule has 0 spiro atoms. The zero-order valence-electron chi connectivity index (χ0n) is 23.1. The van der Waals surface area contributed by atoms with Gasteiger partial charge in [0.15, 0.2) is 17.3 Å². The van der Waals surface area contributed by atoms with E-state index in [1.165, 1.54) is 51.5 Å². The first-order chi connectivity index (χ1) is 19.3. The minimum Gasteiger partial charge on any atom is -0.494 e. The fourth-order valence-electron chi connectivity index (χ4n) is 5.35. The first kappa shape index (κ1) is 28.3. The van der Waals surface area contributed by atoms with Gasteiger partial charge in [-0.2, -0.15) is 0 Å². The molecule has 2 aromatic carbocycles. The molecular formula is C29H35ClF2N6O2. The second-order valence-electron chi connectivity index (χ2n) is 10.4. The van der Waals surface area contributed by atoms with Crippen molar-refractivity contribution in [2.45, 2.75) is 32.4 Å². The van der Waals surface area contributed by atoms with Crippen molar-refractivity contribution in [2.75, 3.05) is 63.6 Å². The summed E-state index contributed by atoms with van der Waals surface area (Å²) in [5.74, 6) is -0.871. The lowest BCUT2D eigenvalue weighted by molar-refractivity contribution is 0.115. The Morgan fingerprint density at radius 3 is 2.35 bits per heavy atom. The van der Waals surface area contributed by atoms with E-state index >= 15 is 0 Å². The van der Waals surface area contributed by atoms with Crippen LogP contribution in [0.15, 0.2) is 36.7 Å². The fourth-order valence-corrected chi connectivity index (χ4v) is 5.65. The van der Waals surface area contributed by atoms with Crippen LogP contribution >= 0.6 is 11.6 Å². The molecule has 3 heterocycles. The second kappa shape index (κ2) is 12.5. The number of aromatic nitrogens is 2. The van der Waals surface area contributed by atoms with Gasteiger partial charge in [0.05, 0.1) is 35.8 Å². The number of rotatable bonds is 8. The highest BCUT2D eigenvalue weighted by atomic mass is 35.5. The van der Waals surface area contributed by atoms with Gasteiger partial charge >= 0.3 is 0 Å². The van der Waals surface area contributed by atoms with Crippen LogP contribution in [0.5, 0.6) is 11.5 Å². The van der Waals surface area contributed by atoms with Gasteiger partial charge in [0.25, 0.3) is 0 Å². The molecule has 1 aromatic heterocycles. The fraction of sp³-hybridized carbons (Fsp3) is 0.448. The molecule has 214 valence electrons. The molecule has 2 aliphatic heterocycles. The summed E-state index contributed by atoms with van der Waals surface area (Å²) in [5.41, 5.74) is 1.83. The Hall–Kier alpha value is -3.21. The largest absolute Gasteiger partial charge is 0.494 e. The van der Waals surface area contributed by atoms with Gasteiger partial charge < -0.3 is 24.6 Å². The Morgan fingerprint density at radius 1 is 1.00 bits per heavy atom. The predicted octanol–water partition coefficient (Wildman–Crippen LogP) is 5.26. The summed E-state index contributed by atoms with van der Waals surface area (Å²) in [6.45, 7) is 7.56. The van der Waals surface area contributed by atoms with Crippen LogP contribution in [0.1, 0.15) is 24.0 Å². The monoisotopic (exact) mass is 572 g/mol. The molecule has 3 aromatic rings. The summed E-state index contributed by atoms with van der Waals surface area (Å²) in [6.07, 6.45) is 5.37. The number of nitrogens with one attached hydrogen (secondary N) is 1. The maximum atomic E-state index is 14.5. The summed E-state index contributed by atoms with van der Waals surface area (Å²) >= 11 is 6.68. The number of ether oxygens (including phenoxy) is 2. The Balaban J connectivity index is 1.15. The molecule has 0 unspecified atom stereocenters. The summed E-state index contributed by atoms with van der Waals surface area (Å²) in [7, 11) is 3.53. The molecule has 0 amide bonds. The van der Waals surface area contributed by atoms with Crippen LogP contribution in [0.2, 0.25) is 5.02 Å². The summed E-state index contributed by atoms with van der Waals surface area (Å²) in [4.78, 5) is 15.9. The molecular weight excluding hydrogens is 538 g/mol. The van der Waals surface area contributed by atoms with E-state index in [9.17, 15) is 8.78 Å². The molecule has 0 atom stereocenters. The third-order valence-corrected chi connectivity index (χ3v) is 8.04. The normalized spacial score (nSPS) is 17.2. The van der Waals surface area contributed by atoms with Crippen molar-refractivity contribution in [2.24, 2.45) is 0 Å². The van der Waals surface area contributed by atoms with E-state index in [0.717, 1.165) is 37.6 Å². The third-order valence-electron chi connectivity index (χ3n) is 7.73. The minimum atomic E-state index is -0.788. The van der Waals surface area contributed by atoms with Crippen LogP contribution < -0.4 is 19.7 Å². The standard InChI is InChI=1S/C29H35ClF2N6O2/c1-19-14-26(39-3)28(32)23(27(19)31)18-40-22-16-33-29(34-17-22)35-20-4-5-25(24(30)15-20)38-12-10-37(11-13-38)21-6-8-36(2)9-7-21/h4-5,14-17,21H,6-13,18H2,1-3H3,(H,33,34,35). The first-order valence-corrected chi connectivity index (χ1v) is 13.9. The van der Waals surface area contributed by atoms with Gasteiger partial charge in [-0.3, -0.25) is 4.90 Å². The molecule has 2 saturated heterocycles. The highest BCUT2D eigenvalue weighted by Crippen LogP contribution is 2.32. The van der Waals surface area contributed by atoms with Crippen molar-refractivity contribution in [1.29, 1.82) is 0 Å². The Kier molecular flexibility index (Phi) is 8.87. The van der Waals surface area contributed by atoms with E-state index in [0.29, 0.717) is 17.0 Å². The minimum absolute atomic E-state index is 0.0344. The number of likely N-dealkylation sites (tertiary alicyclic amines) is 1. The van der Waals surface area contributed by atoms with Crippen LogP contribution in [0.3, 0.4) is 0 Å². The number of piperazine rings is 1. The number of benzene rings is 2. The van der Waals surface area contributed by atoms with Gasteiger partial charge in [-0.25, -0.2) is 18.7 Å². The highest BCUT2D eigenvalue weighted by molar-refractivity contribution is 6.33. The maximum absolute atomic E-state index is 14.5. The van der Waals surface area contributed by atoms with Crippen molar-refractivity contribution in [3.63, 3.8) is 0 Å². The van der Waals surface area contributed by atoms with Crippen LogP contribution in [0.25, 0.3) is 0 Å². The molecule has 5 rings (SSSR count). The average Bonchev–Trinajstić information content (AvgIpc) is 2.96. The van der Waals surface area contributed by atoms with Crippen LogP contribution in [-0.4, -0.2) is 79.2 Å². The predicted molar refractivity (Wildman–Crippen MR) is 153 cm³/mol. The number of anilines is 3. The van der Waals surface area contributed by atoms with Crippen LogP contribution in [-0.2, 0) is 6.61 Å². The van der Waals surface area contributed by atoms with Gasteiger partial charge in [0.2, 0.25) is 5.95 Å². The van der Waals surface area contributed by atoms with Crippen LogP contribution in [0, 0.1) is 18.6 Å². The Morgan fingerprint density at radius 2 is 1.70 bits per heavy atom. The average molecular weight is 573 g/mol. The van der Waals surface area contributed by atoms with E-state index in [1.54, 1.807) is 6.92 Å². The van der Waals surface area contributed by atoms with Crippen molar-refractivity contribution in [3.8, 4) is 11.5 Å². The zero-order valence-corrected chi connectivity index (χ0v) is 23.8. The molecule has 0 bridgehead atoms. The second-order valence-corrected chi connectivity index (χ2v) is 10.8. The van der Waals surface area contributed by atoms with Gasteiger partial charge in [-0.05, 0) is 69.7 Å². The van der Waals surface area contributed by atoms with Crippen molar-refractivity contribution in [3.05, 3.63) is 64.4 Å². The topological polar surface area (TPSA) is 66.0 Å². The molecule has 2 fully saturated rings. The third kappa shape index (κ3) is 6.40. The maximum Gasteiger partial charge on any atom is 0.227 e. The van der Waals surface area contributed by atoms with Gasteiger partial charge in [0.1, 0.15) is 12.4 Å². The highest BCUT2D eigenvalue weighted by Gasteiger charge is 2.27. The summed E-state index contributed by atoms with van der Waals surface area (Å²) < 4.78 is 39.5. The van der Waals surface area contributed by atoms with E-state index in [4.69, 9.17) is 21.1 Å². The number of aryl methyl sites for hydroxylation is 1. The molecule has 11 heteroatoms. The molecule has 0 radical (unpaired) electrons. The van der Waals surface area contributed by atoms with Gasteiger partial charge in [0, 0.05) is 37.9 Å². The number of nitrogens with zero attached hydrogens (tertiary/aromatic N) is 5. The van der Waals surface area contributed by atoms with E-state index in [2.05, 4.69) is 37.0 Å². The van der Waals surface area contributed by atoms with E-state index in [1.807, 2.05) is 18.2 Å². The quantitative estimate of drug-likeness (QED) is 0.392. The molecule has 2 aliphatic rings. The summed E-state index contributed by atoms with van der Waals surface area (Å²) in [6, 6.07) is 7.84. The Bertz CT molecular complexity index is 1310. The van der Waals surface area contributed by atoms with Crippen LogP contribution in [0.4, 0.5) is 26.1 Å². The first-order valence-electron chi connectivity index (χ1n) is 13.5. The number of hydrogen-bond acceptors (Lipinski definition) is 8. The Labute approximate surface area is 238 Å². The SMILES string of the molecule is COc1cc(C)c(F)c(COc2cnc(Nc3ccc(N4CCN(C5CCN(C)CC5)CC4)c(Cl)c3)nc2)c1F. The zero-order chi connectivity index (χ0) is 28.2. The molecule has 0 aliphatic carbocycles. The van der Waals surface area contributed by atoms with Gasteiger partial charge in [-0.15, -0.1) is 0 Å². The van der Waals surface area contributed by atoms with E-state index in [-0.39, 0.29) is 29.2 Å². The molecule has 1 N–H and O–H groups in total. The molecule has 40 heavy (non-hydrogen) atoms. The van der Waals surface area contributed by atoms with Crippen molar-refractivity contribution < 1.29 is 18.3 Å². The molecule has 8 nitrogen and oxygen atoms in total. The number of methoxy groups -OCH3 is 1. The lowest BCUT2D eigenvalue weighted by Gasteiger charge is -2.43. The lowest BCUT2D eigenvalue weighted by atomic mass is 10.0. The number of piperidine rings is 1. The van der Waals surface area contributed by atoms with Gasteiger partial charge in [-0.1, -0.05) is 11.6 Å². The van der Waals surface area contributed by atoms with Crippen molar-refractivity contribution in [1.82, 2.24) is 19.8 Å².